The molecular formula is C13H13ClO2. The third-order valence-corrected chi connectivity index (χ3v) is 3.27. The van der Waals surface area contributed by atoms with Crippen LogP contribution in [-0.4, -0.2) is 10.9 Å². The van der Waals surface area contributed by atoms with Crippen LogP contribution in [0.3, 0.4) is 0 Å². The molecule has 1 aliphatic rings. The highest BCUT2D eigenvalue weighted by Crippen LogP contribution is 2.34. The van der Waals surface area contributed by atoms with Gasteiger partial charge >= 0.3 is 0 Å². The number of hydrogen-bond acceptors (Lipinski definition) is 2. The van der Waals surface area contributed by atoms with Gasteiger partial charge in [0, 0.05) is 11.4 Å². The molecule has 3 heteroatoms. The van der Waals surface area contributed by atoms with E-state index in [4.69, 9.17) is 11.6 Å². The Morgan fingerprint density at radius 2 is 1.94 bits per heavy atom. The number of halogens is 1. The van der Waals surface area contributed by atoms with E-state index in [-0.39, 0.29) is 12.2 Å². The van der Waals surface area contributed by atoms with E-state index >= 15 is 0 Å². The number of allylic oxidation sites excluding steroid dienone is 1. The zero-order valence-electron chi connectivity index (χ0n) is 9.03. The van der Waals surface area contributed by atoms with Gasteiger partial charge in [0.15, 0.2) is 5.78 Å². The van der Waals surface area contributed by atoms with E-state index in [2.05, 4.69) is 0 Å². The van der Waals surface area contributed by atoms with Gasteiger partial charge in [-0.15, -0.1) is 0 Å². The minimum Gasteiger partial charge on any atom is -0.384 e. The molecule has 0 fully saturated rings. The molecule has 0 saturated carbocycles. The van der Waals surface area contributed by atoms with Gasteiger partial charge < -0.3 is 5.11 Å². The first-order chi connectivity index (χ1) is 7.51. The summed E-state index contributed by atoms with van der Waals surface area (Å²) >= 11 is 5.79. The minimum absolute atomic E-state index is 0.00343. The molecule has 1 aromatic carbocycles. The van der Waals surface area contributed by atoms with Gasteiger partial charge in [0.25, 0.3) is 0 Å². The maximum Gasteiger partial charge on any atom is 0.161 e. The molecule has 1 aromatic rings. The quantitative estimate of drug-likeness (QED) is 0.814. The van der Waals surface area contributed by atoms with Crippen LogP contribution in [0.15, 0.2) is 35.9 Å². The van der Waals surface area contributed by atoms with Gasteiger partial charge in [-0.2, -0.15) is 0 Å². The van der Waals surface area contributed by atoms with Crippen LogP contribution >= 0.6 is 11.6 Å². The molecular weight excluding hydrogens is 224 g/mol. The lowest BCUT2D eigenvalue weighted by Gasteiger charge is -2.30. The van der Waals surface area contributed by atoms with Crippen LogP contribution < -0.4 is 0 Å². The van der Waals surface area contributed by atoms with Gasteiger partial charge in [0.2, 0.25) is 0 Å². The number of benzene rings is 1. The normalized spacial score (nSPS) is 25.4. The molecule has 1 atom stereocenters. The predicted molar refractivity (Wildman–Crippen MR) is 63.3 cm³/mol. The summed E-state index contributed by atoms with van der Waals surface area (Å²) in [7, 11) is 0. The molecule has 1 N–H and O–H groups in total. The fourth-order valence-corrected chi connectivity index (χ4v) is 2.02. The zero-order valence-corrected chi connectivity index (χ0v) is 9.79. The highest BCUT2D eigenvalue weighted by Gasteiger charge is 2.34. The number of rotatable bonds is 1. The Balaban J connectivity index is 2.34. The molecule has 0 bridgehead atoms. The molecule has 0 aliphatic heterocycles. The molecule has 16 heavy (non-hydrogen) atoms. The van der Waals surface area contributed by atoms with Gasteiger partial charge in [-0.1, -0.05) is 29.8 Å². The Morgan fingerprint density at radius 3 is 2.50 bits per heavy atom. The van der Waals surface area contributed by atoms with E-state index in [1.54, 1.807) is 37.3 Å². The van der Waals surface area contributed by atoms with Crippen LogP contribution in [0.2, 0.25) is 5.02 Å². The third-order valence-electron chi connectivity index (χ3n) is 3.02. The summed E-state index contributed by atoms with van der Waals surface area (Å²) in [5.74, 6) is 0.00343. The second-order valence-electron chi connectivity index (χ2n) is 4.23. The van der Waals surface area contributed by atoms with Crippen molar-refractivity contribution in [3.63, 3.8) is 0 Å². The number of carbonyl (C=O) groups is 1. The number of Topliss-reactive ketones (excluding diaryl/α,β-unsaturated/α-hetero) is 1. The molecule has 1 unspecified atom stereocenters. The first kappa shape index (κ1) is 11.4. The highest BCUT2D eigenvalue weighted by molar-refractivity contribution is 6.30. The Bertz CT molecular complexity index is 448. The summed E-state index contributed by atoms with van der Waals surface area (Å²) in [5.41, 5.74) is 0.411. The van der Waals surface area contributed by atoms with Crippen LogP contribution in [0.4, 0.5) is 0 Å². The van der Waals surface area contributed by atoms with Gasteiger partial charge in [0.05, 0.1) is 0 Å². The molecule has 84 valence electrons. The fourth-order valence-electron chi connectivity index (χ4n) is 1.89. The molecule has 0 saturated heterocycles. The first-order valence-electron chi connectivity index (χ1n) is 5.20. The third kappa shape index (κ3) is 2.04. The van der Waals surface area contributed by atoms with Gasteiger partial charge in [-0.3, -0.25) is 4.79 Å². The Labute approximate surface area is 99.5 Å². The van der Waals surface area contributed by atoms with Crippen molar-refractivity contribution in [2.45, 2.75) is 25.4 Å². The Morgan fingerprint density at radius 1 is 1.31 bits per heavy atom. The van der Waals surface area contributed by atoms with E-state index in [0.717, 1.165) is 11.1 Å². The summed E-state index contributed by atoms with van der Waals surface area (Å²) in [6, 6.07) is 6.99. The number of ketones is 1. The van der Waals surface area contributed by atoms with Crippen molar-refractivity contribution >= 4 is 17.4 Å². The topological polar surface area (TPSA) is 37.3 Å². The molecule has 0 aromatic heterocycles. The fraction of sp³-hybridized carbons (Fsp3) is 0.308. The van der Waals surface area contributed by atoms with Crippen LogP contribution in [0.1, 0.15) is 25.3 Å². The molecule has 2 nitrogen and oxygen atoms in total. The first-order valence-corrected chi connectivity index (χ1v) is 5.57. The molecule has 2 rings (SSSR count). The second-order valence-corrected chi connectivity index (χ2v) is 4.67. The van der Waals surface area contributed by atoms with Crippen LogP contribution in [0.25, 0.3) is 0 Å². The molecule has 1 aliphatic carbocycles. The average Bonchev–Trinajstić information content (AvgIpc) is 2.25. The van der Waals surface area contributed by atoms with Crippen LogP contribution in [0.5, 0.6) is 0 Å². The van der Waals surface area contributed by atoms with Crippen LogP contribution in [-0.2, 0) is 10.4 Å². The summed E-state index contributed by atoms with van der Waals surface area (Å²) in [6.07, 6.45) is 2.42. The van der Waals surface area contributed by atoms with Crippen molar-refractivity contribution in [3.05, 3.63) is 46.5 Å². The summed E-state index contributed by atoms with van der Waals surface area (Å²) in [4.78, 5) is 11.6. The molecule has 0 radical (unpaired) electrons. The van der Waals surface area contributed by atoms with E-state index in [0.29, 0.717) is 11.4 Å². The maximum atomic E-state index is 11.6. The molecule has 0 amide bonds. The zero-order chi connectivity index (χ0) is 11.8. The van der Waals surface area contributed by atoms with Crippen molar-refractivity contribution in [2.75, 3.05) is 0 Å². The van der Waals surface area contributed by atoms with Crippen molar-refractivity contribution in [1.29, 1.82) is 0 Å². The van der Waals surface area contributed by atoms with E-state index in [9.17, 15) is 9.90 Å². The van der Waals surface area contributed by atoms with Gasteiger partial charge in [-0.05, 0) is 36.6 Å². The van der Waals surface area contributed by atoms with Crippen molar-refractivity contribution in [3.8, 4) is 0 Å². The standard InChI is InChI=1S/C13H13ClO2/c1-9-6-7-13(16,8-12(9)15)10-2-4-11(14)5-3-10/h2-6,16H,7-8H2,1H3. The van der Waals surface area contributed by atoms with Crippen LogP contribution in [0, 0.1) is 0 Å². The summed E-state index contributed by atoms with van der Waals surface area (Å²) in [6.45, 7) is 1.78. The molecule has 0 spiro atoms. The second kappa shape index (κ2) is 4.04. The lowest BCUT2D eigenvalue weighted by molar-refractivity contribution is -0.121. The van der Waals surface area contributed by atoms with Crippen molar-refractivity contribution in [1.82, 2.24) is 0 Å². The minimum atomic E-state index is -1.07. The Kier molecular flexibility index (Phi) is 2.87. The van der Waals surface area contributed by atoms with E-state index in [1.165, 1.54) is 0 Å². The Hall–Kier alpha value is -1.12. The smallest absolute Gasteiger partial charge is 0.161 e. The summed E-state index contributed by atoms with van der Waals surface area (Å²) < 4.78 is 0. The van der Waals surface area contributed by atoms with E-state index < -0.39 is 5.60 Å². The SMILES string of the molecule is CC1=CCC(O)(c2ccc(Cl)cc2)CC1=O. The van der Waals surface area contributed by atoms with Gasteiger partial charge in [0.1, 0.15) is 5.60 Å². The number of hydrogen-bond donors (Lipinski definition) is 1. The number of carbonyl (C=O) groups excluding carboxylic acids is 1. The average molecular weight is 237 g/mol. The van der Waals surface area contributed by atoms with Gasteiger partial charge in [-0.25, -0.2) is 0 Å². The number of aliphatic hydroxyl groups is 1. The predicted octanol–water partition coefficient (Wildman–Crippen LogP) is 2.84. The monoisotopic (exact) mass is 236 g/mol. The maximum absolute atomic E-state index is 11.6. The lowest BCUT2D eigenvalue weighted by Crippen LogP contribution is -2.31. The van der Waals surface area contributed by atoms with E-state index in [1.807, 2.05) is 0 Å². The largest absolute Gasteiger partial charge is 0.384 e. The highest BCUT2D eigenvalue weighted by atomic mass is 35.5. The summed E-state index contributed by atoms with van der Waals surface area (Å²) in [5, 5.41) is 11.0. The van der Waals surface area contributed by atoms with Crippen molar-refractivity contribution in [2.24, 2.45) is 0 Å². The lowest BCUT2D eigenvalue weighted by atomic mass is 9.80. The molecule has 0 heterocycles. The van der Waals surface area contributed by atoms with Crippen molar-refractivity contribution < 1.29 is 9.90 Å².